The minimum Gasteiger partial charge on any atom is -0.396 e. The second-order valence-corrected chi connectivity index (χ2v) is 4.35. The molecule has 0 unspecified atom stereocenters. The molecule has 1 rings (SSSR count). The summed E-state index contributed by atoms with van der Waals surface area (Å²) in [4.78, 5) is 13.6. The highest BCUT2D eigenvalue weighted by atomic mass is 16.3. The maximum atomic E-state index is 11.5. The van der Waals surface area contributed by atoms with E-state index in [0.717, 1.165) is 16.9 Å². The Balaban J connectivity index is 2.59. The normalized spacial score (nSPS) is 10.0. The Hall–Kier alpha value is -1.75. The SMILES string of the molecule is Cc1cc(N(C)C)ccc1NC(=O)NCCCO. The van der Waals surface area contributed by atoms with Crippen LogP contribution >= 0.6 is 0 Å². The van der Waals surface area contributed by atoms with Crippen LogP contribution in [0.1, 0.15) is 12.0 Å². The molecular weight excluding hydrogens is 230 g/mol. The van der Waals surface area contributed by atoms with Crippen molar-refractivity contribution < 1.29 is 9.90 Å². The van der Waals surface area contributed by atoms with Crippen LogP contribution < -0.4 is 15.5 Å². The van der Waals surface area contributed by atoms with Crippen LogP contribution in [0.15, 0.2) is 18.2 Å². The van der Waals surface area contributed by atoms with Crippen molar-refractivity contribution in [3.8, 4) is 0 Å². The molecule has 5 nitrogen and oxygen atoms in total. The number of aryl methyl sites for hydroxylation is 1. The van der Waals surface area contributed by atoms with Crippen LogP contribution in [0, 0.1) is 6.92 Å². The molecule has 0 atom stereocenters. The summed E-state index contributed by atoms with van der Waals surface area (Å²) >= 11 is 0. The number of carbonyl (C=O) groups is 1. The lowest BCUT2D eigenvalue weighted by atomic mass is 10.1. The Labute approximate surface area is 108 Å². The predicted octanol–water partition coefficient (Wildman–Crippen LogP) is 1.56. The second-order valence-electron chi connectivity index (χ2n) is 4.35. The summed E-state index contributed by atoms with van der Waals surface area (Å²) in [6.07, 6.45) is 0.561. The number of rotatable bonds is 5. The van der Waals surface area contributed by atoms with Crippen LogP contribution in [0.25, 0.3) is 0 Å². The van der Waals surface area contributed by atoms with E-state index in [-0.39, 0.29) is 12.6 Å². The number of benzene rings is 1. The molecule has 0 bridgehead atoms. The smallest absolute Gasteiger partial charge is 0.319 e. The minimum absolute atomic E-state index is 0.0802. The molecule has 0 aliphatic carbocycles. The summed E-state index contributed by atoms with van der Waals surface area (Å²) in [7, 11) is 3.95. The summed E-state index contributed by atoms with van der Waals surface area (Å²) < 4.78 is 0. The minimum atomic E-state index is -0.246. The summed E-state index contributed by atoms with van der Waals surface area (Å²) in [6.45, 7) is 2.50. The lowest BCUT2D eigenvalue weighted by Gasteiger charge is -2.15. The summed E-state index contributed by atoms with van der Waals surface area (Å²) in [5.74, 6) is 0. The van der Waals surface area contributed by atoms with Crippen LogP contribution in [-0.2, 0) is 0 Å². The number of anilines is 2. The van der Waals surface area contributed by atoms with E-state index in [0.29, 0.717) is 13.0 Å². The largest absolute Gasteiger partial charge is 0.396 e. The molecule has 0 aromatic heterocycles. The number of urea groups is 1. The molecule has 0 aliphatic rings. The average Bonchev–Trinajstić information content (AvgIpc) is 2.32. The molecule has 0 heterocycles. The van der Waals surface area contributed by atoms with Gasteiger partial charge in [0, 0.05) is 38.6 Å². The summed E-state index contributed by atoms with van der Waals surface area (Å²) in [6, 6.07) is 5.61. The molecule has 0 saturated carbocycles. The molecule has 0 fully saturated rings. The van der Waals surface area contributed by atoms with E-state index in [2.05, 4.69) is 10.6 Å². The Morgan fingerprint density at radius 3 is 2.67 bits per heavy atom. The topological polar surface area (TPSA) is 64.6 Å². The van der Waals surface area contributed by atoms with Crippen molar-refractivity contribution in [2.24, 2.45) is 0 Å². The molecule has 18 heavy (non-hydrogen) atoms. The van der Waals surface area contributed by atoms with Gasteiger partial charge >= 0.3 is 6.03 Å². The molecular formula is C13H21N3O2. The van der Waals surface area contributed by atoms with Crippen LogP contribution in [0.3, 0.4) is 0 Å². The van der Waals surface area contributed by atoms with Crippen LogP contribution in [-0.4, -0.2) is 38.4 Å². The van der Waals surface area contributed by atoms with Gasteiger partial charge in [0.2, 0.25) is 0 Å². The highest BCUT2D eigenvalue weighted by Gasteiger charge is 2.05. The highest BCUT2D eigenvalue weighted by Crippen LogP contribution is 2.21. The van der Waals surface area contributed by atoms with E-state index in [1.165, 1.54) is 0 Å². The fraction of sp³-hybridized carbons (Fsp3) is 0.462. The third-order valence-electron chi connectivity index (χ3n) is 2.60. The monoisotopic (exact) mass is 251 g/mol. The van der Waals surface area contributed by atoms with Crippen molar-refractivity contribution in [3.63, 3.8) is 0 Å². The van der Waals surface area contributed by atoms with Crippen molar-refractivity contribution in [1.29, 1.82) is 0 Å². The zero-order valence-corrected chi connectivity index (χ0v) is 11.2. The van der Waals surface area contributed by atoms with Crippen LogP contribution in [0.4, 0.5) is 16.2 Å². The first kappa shape index (κ1) is 14.3. The van der Waals surface area contributed by atoms with E-state index < -0.39 is 0 Å². The van der Waals surface area contributed by atoms with E-state index in [1.807, 2.05) is 44.1 Å². The maximum absolute atomic E-state index is 11.5. The van der Waals surface area contributed by atoms with Gasteiger partial charge in [0.05, 0.1) is 0 Å². The highest BCUT2D eigenvalue weighted by molar-refractivity contribution is 5.90. The first-order chi connectivity index (χ1) is 8.54. The molecule has 0 saturated heterocycles. The molecule has 0 radical (unpaired) electrons. The van der Waals surface area contributed by atoms with Gasteiger partial charge in [-0.3, -0.25) is 0 Å². The molecule has 3 N–H and O–H groups in total. The number of nitrogens with zero attached hydrogens (tertiary/aromatic N) is 1. The fourth-order valence-electron chi connectivity index (χ4n) is 1.51. The Morgan fingerprint density at radius 1 is 1.39 bits per heavy atom. The van der Waals surface area contributed by atoms with Crippen LogP contribution in [0.2, 0.25) is 0 Å². The van der Waals surface area contributed by atoms with E-state index in [9.17, 15) is 4.79 Å². The zero-order chi connectivity index (χ0) is 13.5. The second kappa shape index (κ2) is 6.86. The lowest BCUT2D eigenvalue weighted by molar-refractivity contribution is 0.249. The number of aliphatic hydroxyl groups is 1. The standard InChI is InChI=1S/C13H21N3O2/c1-10-9-11(16(2)3)5-6-12(10)15-13(18)14-7-4-8-17/h5-6,9,17H,4,7-8H2,1-3H3,(H2,14,15,18). The van der Waals surface area contributed by atoms with Gasteiger partial charge < -0.3 is 20.6 Å². The van der Waals surface area contributed by atoms with Crippen LogP contribution in [0.5, 0.6) is 0 Å². The third kappa shape index (κ3) is 4.25. The molecule has 100 valence electrons. The Bertz CT molecular complexity index is 405. The van der Waals surface area contributed by atoms with Crippen molar-refractivity contribution in [2.75, 3.05) is 37.5 Å². The molecule has 1 aromatic rings. The molecule has 0 spiro atoms. The average molecular weight is 251 g/mol. The Morgan fingerprint density at radius 2 is 2.11 bits per heavy atom. The first-order valence-electron chi connectivity index (χ1n) is 5.98. The van der Waals surface area contributed by atoms with Gasteiger partial charge in [-0.25, -0.2) is 4.79 Å². The van der Waals surface area contributed by atoms with Gasteiger partial charge in [0.1, 0.15) is 0 Å². The van der Waals surface area contributed by atoms with E-state index >= 15 is 0 Å². The predicted molar refractivity (Wildman–Crippen MR) is 74.2 cm³/mol. The first-order valence-corrected chi connectivity index (χ1v) is 5.98. The number of carbonyl (C=O) groups excluding carboxylic acids is 1. The maximum Gasteiger partial charge on any atom is 0.319 e. The number of nitrogens with one attached hydrogen (secondary N) is 2. The quantitative estimate of drug-likeness (QED) is 0.696. The van der Waals surface area contributed by atoms with Gasteiger partial charge in [-0.1, -0.05) is 0 Å². The Kier molecular flexibility index (Phi) is 5.45. The van der Waals surface area contributed by atoms with Crippen molar-refractivity contribution in [2.45, 2.75) is 13.3 Å². The summed E-state index contributed by atoms with van der Waals surface area (Å²) in [5, 5.41) is 14.1. The number of amides is 2. The molecule has 5 heteroatoms. The van der Waals surface area contributed by atoms with E-state index in [4.69, 9.17) is 5.11 Å². The zero-order valence-electron chi connectivity index (χ0n) is 11.2. The fourth-order valence-corrected chi connectivity index (χ4v) is 1.51. The van der Waals surface area contributed by atoms with Gasteiger partial charge in [-0.15, -0.1) is 0 Å². The van der Waals surface area contributed by atoms with E-state index in [1.54, 1.807) is 0 Å². The third-order valence-corrected chi connectivity index (χ3v) is 2.60. The molecule has 0 aliphatic heterocycles. The number of aliphatic hydroxyl groups excluding tert-OH is 1. The van der Waals surface area contributed by atoms with Crippen molar-refractivity contribution >= 4 is 17.4 Å². The van der Waals surface area contributed by atoms with Crippen molar-refractivity contribution in [1.82, 2.24) is 5.32 Å². The lowest BCUT2D eigenvalue weighted by Crippen LogP contribution is -2.30. The van der Waals surface area contributed by atoms with Gasteiger partial charge in [0.25, 0.3) is 0 Å². The van der Waals surface area contributed by atoms with Gasteiger partial charge in [-0.2, -0.15) is 0 Å². The number of hydrogen-bond acceptors (Lipinski definition) is 3. The summed E-state index contributed by atoms with van der Waals surface area (Å²) in [5.41, 5.74) is 2.90. The van der Waals surface area contributed by atoms with Gasteiger partial charge in [-0.05, 0) is 37.1 Å². The van der Waals surface area contributed by atoms with Crippen molar-refractivity contribution in [3.05, 3.63) is 23.8 Å². The molecule has 1 aromatic carbocycles. The van der Waals surface area contributed by atoms with Gasteiger partial charge in [0.15, 0.2) is 0 Å². The number of hydrogen-bond donors (Lipinski definition) is 3. The molecule has 2 amide bonds.